The van der Waals surface area contributed by atoms with Gasteiger partial charge in [-0.15, -0.1) is 11.6 Å². The molecule has 72 valence electrons. The first-order valence-corrected chi connectivity index (χ1v) is 4.55. The Morgan fingerprint density at radius 1 is 1.54 bits per heavy atom. The lowest BCUT2D eigenvalue weighted by molar-refractivity contribution is 0.619. The maximum atomic E-state index is 13.0. The molecular formula is C9H12ClFN2. The topological polar surface area (TPSA) is 24.9 Å². The second kappa shape index (κ2) is 4.42. The Balaban J connectivity index is 2.69. The second-order valence-corrected chi connectivity index (χ2v) is 3.65. The molecule has 0 saturated carbocycles. The molecule has 0 aromatic carbocycles. The highest BCUT2D eigenvalue weighted by Crippen LogP contribution is 2.14. The van der Waals surface area contributed by atoms with E-state index in [0.29, 0.717) is 5.69 Å². The van der Waals surface area contributed by atoms with Gasteiger partial charge in [0.25, 0.3) is 0 Å². The standard InChI is InChI=1S/C9H12ClFN2/c1-6(10)7(2)13-9-3-4-12-5-8(9)11/h3-7H,1-2H3,(H,12,13). The molecule has 1 rings (SSSR count). The maximum absolute atomic E-state index is 13.0. The van der Waals surface area contributed by atoms with E-state index >= 15 is 0 Å². The van der Waals surface area contributed by atoms with Gasteiger partial charge in [-0.1, -0.05) is 0 Å². The summed E-state index contributed by atoms with van der Waals surface area (Å²) in [6.45, 7) is 3.76. The van der Waals surface area contributed by atoms with Crippen molar-refractivity contribution in [3.8, 4) is 0 Å². The van der Waals surface area contributed by atoms with Crippen molar-refractivity contribution >= 4 is 17.3 Å². The van der Waals surface area contributed by atoms with Gasteiger partial charge < -0.3 is 5.32 Å². The van der Waals surface area contributed by atoms with Crippen LogP contribution in [0.4, 0.5) is 10.1 Å². The molecule has 4 heteroatoms. The molecule has 0 aliphatic rings. The van der Waals surface area contributed by atoms with E-state index in [2.05, 4.69) is 10.3 Å². The molecule has 13 heavy (non-hydrogen) atoms. The summed E-state index contributed by atoms with van der Waals surface area (Å²) >= 11 is 5.83. The van der Waals surface area contributed by atoms with Crippen LogP contribution in [0.15, 0.2) is 18.5 Å². The van der Waals surface area contributed by atoms with Gasteiger partial charge in [0.2, 0.25) is 0 Å². The van der Waals surface area contributed by atoms with E-state index in [0.717, 1.165) is 0 Å². The Hall–Kier alpha value is -0.830. The van der Waals surface area contributed by atoms with Crippen LogP contribution < -0.4 is 5.32 Å². The molecule has 0 aliphatic carbocycles. The van der Waals surface area contributed by atoms with Gasteiger partial charge in [0, 0.05) is 12.2 Å². The third-order valence-electron chi connectivity index (χ3n) is 1.84. The summed E-state index contributed by atoms with van der Waals surface area (Å²) in [4.78, 5) is 3.65. The van der Waals surface area contributed by atoms with E-state index in [1.54, 1.807) is 6.07 Å². The average molecular weight is 203 g/mol. The largest absolute Gasteiger partial charge is 0.379 e. The molecule has 0 saturated heterocycles. The van der Waals surface area contributed by atoms with Crippen LogP contribution in [0.25, 0.3) is 0 Å². The zero-order chi connectivity index (χ0) is 9.84. The van der Waals surface area contributed by atoms with Crippen molar-refractivity contribution in [3.63, 3.8) is 0 Å². The number of aromatic nitrogens is 1. The predicted octanol–water partition coefficient (Wildman–Crippen LogP) is 2.65. The lowest BCUT2D eigenvalue weighted by Gasteiger charge is -2.17. The van der Waals surface area contributed by atoms with E-state index in [1.807, 2.05) is 13.8 Å². The third kappa shape index (κ3) is 2.84. The highest BCUT2D eigenvalue weighted by Gasteiger charge is 2.10. The second-order valence-electron chi connectivity index (χ2n) is 2.97. The molecule has 2 atom stereocenters. The summed E-state index contributed by atoms with van der Waals surface area (Å²) in [6, 6.07) is 1.61. The van der Waals surface area contributed by atoms with Gasteiger partial charge in [0.15, 0.2) is 5.82 Å². The summed E-state index contributed by atoms with van der Waals surface area (Å²) < 4.78 is 13.0. The van der Waals surface area contributed by atoms with Crippen LogP contribution in [0.3, 0.4) is 0 Å². The van der Waals surface area contributed by atoms with Gasteiger partial charge in [-0.25, -0.2) is 4.39 Å². The Morgan fingerprint density at radius 2 is 2.23 bits per heavy atom. The summed E-state index contributed by atoms with van der Waals surface area (Å²) in [5, 5.41) is 2.91. The number of halogens is 2. The van der Waals surface area contributed by atoms with Crippen LogP contribution in [0.5, 0.6) is 0 Å². The van der Waals surface area contributed by atoms with Crippen LogP contribution >= 0.6 is 11.6 Å². The molecule has 1 aromatic rings. The SMILES string of the molecule is CC(Cl)C(C)Nc1ccncc1F. The molecule has 0 amide bonds. The van der Waals surface area contributed by atoms with E-state index in [9.17, 15) is 4.39 Å². The van der Waals surface area contributed by atoms with Gasteiger partial charge >= 0.3 is 0 Å². The van der Waals surface area contributed by atoms with E-state index in [1.165, 1.54) is 12.4 Å². The fraction of sp³-hybridized carbons (Fsp3) is 0.444. The molecule has 0 fully saturated rings. The number of hydrogen-bond donors (Lipinski definition) is 1. The molecule has 2 unspecified atom stereocenters. The lowest BCUT2D eigenvalue weighted by atomic mass is 10.2. The summed E-state index contributed by atoms with van der Waals surface area (Å²) in [5.74, 6) is -0.355. The Kier molecular flexibility index (Phi) is 3.48. The van der Waals surface area contributed by atoms with Crippen molar-refractivity contribution in [2.75, 3.05) is 5.32 Å². The Bertz CT molecular complexity index is 278. The zero-order valence-electron chi connectivity index (χ0n) is 7.59. The molecule has 0 bridgehead atoms. The Morgan fingerprint density at radius 3 is 2.77 bits per heavy atom. The van der Waals surface area contributed by atoms with E-state index in [-0.39, 0.29) is 17.2 Å². The van der Waals surface area contributed by atoms with Crippen molar-refractivity contribution in [2.45, 2.75) is 25.3 Å². The van der Waals surface area contributed by atoms with Crippen LogP contribution in [-0.4, -0.2) is 16.4 Å². The fourth-order valence-electron chi connectivity index (χ4n) is 0.852. The minimum Gasteiger partial charge on any atom is -0.379 e. The lowest BCUT2D eigenvalue weighted by Crippen LogP contribution is -2.24. The zero-order valence-corrected chi connectivity index (χ0v) is 8.35. The van der Waals surface area contributed by atoms with Crippen molar-refractivity contribution < 1.29 is 4.39 Å². The quantitative estimate of drug-likeness (QED) is 0.763. The maximum Gasteiger partial charge on any atom is 0.164 e. The first-order valence-electron chi connectivity index (χ1n) is 4.11. The van der Waals surface area contributed by atoms with Crippen LogP contribution in [-0.2, 0) is 0 Å². The van der Waals surface area contributed by atoms with Gasteiger partial charge in [-0.05, 0) is 19.9 Å². The third-order valence-corrected chi connectivity index (χ3v) is 2.22. The molecular weight excluding hydrogens is 191 g/mol. The van der Waals surface area contributed by atoms with Gasteiger partial charge in [-0.2, -0.15) is 0 Å². The monoisotopic (exact) mass is 202 g/mol. The van der Waals surface area contributed by atoms with Crippen molar-refractivity contribution in [1.82, 2.24) is 4.98 Å². The van der Waals surface area contributed by atoms with Gasteiger partial charge in [0.1, 0.15) is 0 Å². The number of anilines is 1. The minimum absolute atomic E-state index is 0.0265. The highest BCUT2D eigenvalue weighted by atomic mass is 35.5. The van der Waals surface area contributed by atoms with Crippen LogP contribution in [0, 0.1) is 5.82 Å². The molecule has 1 N–H and O–H groups in total. The number of rotatable bonds is 3. The molecule has 1 heterocycles. The van der Waals surface area contributed by atoms with Crippen molar-refractivity contribution in [3.05, 3.63) is 24.3 Å². The number of nitrogens with zero attached hydrogens (tertiary/aromatic N) is 1. The smallest absolute Gasteiger partial charge is 0.164 e. The highest BCUT2D eigenvalue weighted by molar-refractivity contribution is 6.20. The summed E-state index contributed by atoms with van der Waals surface area (Å²) in [7, 11) is 0. The Labute approximate surface area is 82.1 Å². The van der Waals surface area contributed by atoms with E-state index < -0.39 is 0 Å². The number of alkyl halides is 1. The average Bonchev–Trinajstić information content (AvgIpc) is 2.08. The summed E-state index contributed by atoms with van der Waals surface area (Å²) in [6.07, 6.45) is 2.71. The number of nitrogens with one attached hydrogen (secondary N) is 1. The molecule has 0 aliphatic heterocycles. The summed E-state index contributed by atoms with van der Waals surface area (Å²) in [5.41, 5.74) is 0.440. The van der Waals surface area contributed by atoms with Crippen LogP contribution in [0.2, 0.25) is 0 Å². The molecule has 1 aromatic heterocycles. The normalized spacial score (nSPS) is 15.1. The number of pyridine rings is 1. The van der Waals surface area contributed by atoms with Crippen molar-refractivity contribution in [1.29, 1.82) is 0 Å². The fourth-order valence-corrected chi connectivity index (χ4v) is 0.915. The van der Waals surface area contributed by atoms with Crippen molar-refractivity contribution in [2.24, 2.45) is 0 Å². The van der Waals surface area contributed by atoms with E-state index in [4.69, 9.17) is 11.6 Å². The molecule has 0 radical (unpaired) electrons. The van der Waals surface area contributed by atoms with Gasteiger partial charge in [-0.3, -0.25) is 4.98 Å². The number of hydrogen-bond acceptors (Lipinski definition) is 2. The van der Waals surface area contributed by atoms with Crippen LogP contribution in [0.1, 0.15) is 13.8 Å². The molecule has 0 spiro atoms. The predicted molar refractivity (Wildman–Crippen MR) is 52.6 cm³/mol. The first kappa shape index (κ1) is 10.3. The first-order chi connectivity index (χ1) is 6.11. The minimum atomic E-state index is -0.355. The van der Waals surface area contributed by atoms with Gasteiger partial charge in [0.05, 0.1) is 17.3 Å². The molecule has 2 nitrogen and oxygen atoms in total.